The van der Waals surface area contributed by atoms with Crippen molar-refractivity contribution in [1.29, 1.82) is 0 Å². The van der Waals surface area contributed by atoms with Crippen molar-refractivity contribution in [3.63, 3.8) is 0 Å². The van der Waals surface area contributed by atoms with Gasteiger partial charge in [0.15, 0.2) is 0 Å². The fraction of sp³-hybridized carbons (Fsp3) is 0.300. The highest BCUT2D eigenvalue weighted by molar-refractivity contribution is 5.95. The Bertz CT molecular complexity index is 821. The molecule has 2 aromatic carbocycles. The molecule has 7 heteroatoms. The number of benzene rings is 2. The Morgan fingerprint density at radius 2 is 1.67 bits per heavy atom. The summed E-state index contributed by atoms with van der Waals surface area (Å²) in [5.74, 6) is -1.75. The molecular weight excluding hydrogens is 352 g/mol. The highest BCUT2D eigenvalue weighted by atomic mass is 19.1. The van der Waals surface area contributed by atoms with E-state index in [0.717, 1.165) is 18.2 Å². The minimum atomic E-state index is -0.685. The number of hydrogen-bond donors (Lipinski definition) is 1. The molecule has 1 aliphatic heterocycles. The fourth-order valence-electron chi connectivity index (χ4n) is 3.07. The largest absolute Gasteiger partial charge is 0.336 e. The SMILES string of the molecule is CC(C(=O)Nc1cc(F)ccc1F)N1CCN(C(=O)c2ccccc2)CC1. The predicted molar refractivity (Wildman–Crippen MR) is 98.4 cm³/mol. The molecule has 1 unspecified atom stereocenters. The van der Waals surface area contributed by atoms with Gasteiger partial charge in [-0.05, 0) is 31.2 Å². The second kappa shape index (κ2) is 8.26. The first-order chi connectivity index (χ1) is 13.0. The van der Waals surface area contributed by atoms with Crippen LogP contribution in [0, 0.1) is 11.6 Å². The van der Waals surface area contributed by atoms with Crippen molar-refractivity contribution in [2.75, 3.05) is 31.5 Å². The molecular formula is C20H21F2N3O2. The lowest BCUT2D eigenvalue weighted by Gasteiger charge is -2.37. The van der Waals surface area contributed by atoms with E-state index in [-0.39, 0.29) is 11.6 Å². The summed E-state index contributed by atoms with van der Waals surface area (Å²) >= 11 is 0. The molecule has 2 amide bonds. The third kappa shape index (κ3) is 4.49. The van der Waals surface area contributed by atoms with Crippen LogP contribution in [-0.4, -0.2) is 53.8 Å². The van der Waals surface area contributed by atoms with Gasteiger partial charge in [0.25, 0.3) is 5.91 Å². The lowest BCUT2D eigenvalue weighted by molar-refractivity contribution is -0.121. The second-order valence-corrected chi connectivity index (χ2v) is 6.48. The van der Waals surface area contributed by atoms with Crippen LogP contribution in [0.2, 0.25) is 0 Å². The van der Waals surface area contributed by atoms with Gasteiger partial charge in [0.2, 0.25) is 5.91 Å². The standard InChI is InChI=1S/C20H21F2N3O2/c1-14(19(26)23-18-13-16(21)7-8-17(18)22)24-9-11-25(12-10-24)20(27)15-5-3-2-4-6-15/h2-8,13-14H,9-12H2,1H3,(H,23,26). The van der Waals surface area contributed by atoms with Crippen LogP contribution in [0.5, 0.6) is 0 Å². The first kappa shape index (κ1) is 19.0. The van der Waals surface area contributed by atoms with Crippen LogP contribution in [-0.2, 0) is 4.79 Å². The van der Waals surface area contributed by atoms with Crippen molar-refractivity contribution in [3.8, 4) is 0 Å². The normalized spacial score (nSPS) is 16.0. The van der Waals surface area contributed by atoms with E-state index in [4.69, 9.17) is 0 Å². The molecule has 1 saturated heterocycles. The maximum Gasteiger partial charge on any atom is 0.253 e. The van der Waals surface area contributed by atoms with Gasteiger partial charge in [-0.25, -0.2) is 8.78 Å². The minimum Gasteiger partial charge on any atom is -0.336 e. The van der Waals surface area contributed by atoms with Crippen LogP contribution in [0.4, 0.5) is 14.5 Å². The lowest BCUT2D eigenvalue weighted by atomic mass is 10.1. The number of carbonyl (C=O) groups is 2. The summed E-state index contributed by atoms with van der Waals surface area (Å²) in [4.78, 5) is 28.5. The fourth-order valence-corrected chi connectivity index (χ4v) is 3.07. The van der Waals surface area contributed by atoms with Crippen LogP contribution in [0.25, 0.3) is 0 Å². The lowest BCUT2D eigenvalue weighted by Crippen LogP contribution is -2.54. The number of nitrogens with zero attached hydrogens (tertiary/aromatic N) is 2. The molecule has 0 saturated carbocycles. The molecule has 2 aromatic rings. The summed E-state index contributed by atoms with van der Waals surface area (Å²) in [5.41, 5.74) is 0.461. The topological polar surface area (TPSA) is 52.7 Å². The third-order valence-electron chi connectivity index (χ3n) is 4.74. The van der Waals surface area contributed by atoms with Gasteiger partial charge in [0.05, 0.1) is 11.7 Å². The number of rotatable bonds is 4. The molecule has 5 nitrogen and oxygen atoms in total. The van der Waals surface area contributed by atoms with Crippen molar-refractivity contribution < 1.29 is 18.4 Å². The number of hydrogen-bond acceptors (Lipinski definition) is 3. The van der Waals surface area contributed by atoms with Crippen molar-refractivity contribution >= 4 is 17.5 Å². The Hall–Kier alpha value is -2.80. The average Bonchev–Trinajstić information content (AvgIpc) is 2.70. The van der Waals surface area contributed by atoms with Gasteiger partial charge in [0, 0.05) is 37.8 Å². The maximum absolute atomic E-state index is 13.7. The highest BCUT2D eigenvalue weighted by Gasteiger charge is 2.28. The number of halogens is 2. The molecule has 3 rings (SSSR count). The van der Waals surface area contributed by atoms with Gasteiger partial charge in [-0.15, -0.1) is 0 Å². The van der Waals surface area contributed by atoms with E-state index in [0.29, 0.717) is 31.7 Å². The molecule has 0 aromatic heterocycles. The zero-order valence-electron chi connectivity index (χ0n) is 15.0. The molecule has 1 aliphatic rings. The summed E-state index contributed by atoms with van der Waals surface area (Å²) in [6, 6.07) is 11.5. The Balaban J connectivity index is 1.56. The maximum atomic E-state index is 13.7. The van der Waals surface area contributed by atoms with E-state index < -0.39 is 23.6 Å². The zero-order chi connectivity index (χ0) is 19.4. The van der Waals surface area contributed by atoms with E-state index in [9.17, 15) is 18.4 Å². The van der Waals surface area contributed by atoms with Gasteiger partial charge in [-0.2, -0.15) is 0 Å². The first-order valence-corrected chi connectivity index (χ1v) is 8.80. The van der Waals surface area contributed by atoms with Crippen LogP contribution in [0.1, 0.15) is 17.3 Å². The zero-order valence-corrected chi connectivity index (χ0v) is 15.0. The number of piperazine rings is 1. The number of amides is 2. The molecule has 0 aliphatic carbocycles. The van der Waals surface area contributed by atoms with Gasteiger partial charge < -0.3 is 10.2 Å². The molecule has 0 bridgehead atoms. The highest BCUT2D eigenvalue weighted by Crippen LogP contribution is 2.17. The van der Waals surface area contributed by atoms with Gasteiger partial charge >= 0.3 is 0 Å². The quantitative estimate of drug-likeness (QED) is 0.897. The Labute approximate surface area is 156 Å². The van der Waals surface area contributed by atoms with Gasteiger partial charge in [-0.3, -0.25) is 14.5 Å². The molecule has 0 spiro atoms. The van der Waals surface area contributed by atoms with Crippen molar-refractivity contribution in [1.82, 2.24) is 9.80 Å². The number of carbonyl (C=O) groups excluding carboxylic acids is 2. The first-order valence-electron chi connectivity index (χ1n) is 8.80. The van der Waals surface area contributed by atoms with E-state index in [2.05, 4.69) is 5.32 Å². The third-order valence-corrected chi connectivity index (χ3v) is 4.74. The smallest absolute Gasteiger partial charge is 0.253 e. The van der Waals surface area contributed by atoms with E-state index >= 15 is 0 Å². The van der Waals surface area contributed by atoms with E-state index in [1.807, 2.05) is 23.1 Å². The molecule has 1 atom stereocenters. The average molecular weight is 373 g/mol. The molecule has 1 heterocycles. The van der Waals surface area contributed by atoms with Crippen molar-refractivity contribution in [3.05, 3.63) is 65.7 Å². The van der Waals surface area contributed by atoms with E-state index in [1.54, 1.807) is 24.0 Å². The van der Waals surface area contributed by atoms with Crippen LogP contribution in [0.15, 0.2) is 48.5 Å². The minimum absolute atomic E-state index is 0.0332. The summed E-state index contributed by atoms with van der Waals surface area (Å²) in [6.45, 7) is 3.76. The molecule has 27 heavy (non-hydrogen) atoms. The molecule has 1 fully saturated rings. The van der Waals surface area contributed by atoms with Crippen LogP contribution in [0.3, 0.4) is 0 Å². The van der Waals surface area contributed by atoms with Gasteiger partial charge in [0.1, 0.15) is 11.6 Å². The Kier molecular flexibility index (Phi) is 5.81. The summed E-state index contributed by atoms with van der Waals surface area (Å²) in [5, 5.41) is 2.43. The van der Waals surface area contributed by atoms with Gasteiger partial charge in [-0.1, -0.05) is 18.2 Å². The summed E-state index contributed by atoms with van der Waals surface area (Å²) < 4.78 is 26.9. The molecule has 0 radical (unpaired) electrons. The predicted octanol–water partition coefficient (Wildman–Crippen LogP) is 2.75. The Morgan fingerprint density at radius 3 is 2.33 bits per heavy atom. The Morgan fingerprint density at radius 1 is 1.00 bits per heavy atom. The monoisotopic (exact) mass is 373 g/mol. The summed E-state index contributed by atoms with van der Waals surface area (Å²) in [7, 11) is 0. The molecule has 142 valence electrons. The van der Waals surface area contributed by atoms with E-state index in [1.165, 1.54) is 0 Å². The van der Waals surface area contributed by atoms with Crippen molar-refractivity contribution in [2.24, 2.45) is 0 Å². The van der Waals surface area contributed by atoms with Crippen LogP contribution < -0.4 is 5.32 Å². The second-order valence-electron chi connectivity index (χ2n) is 6.48. The summed E-state index contributed by atoms with van der Waals surface area (Å²) in [6.07, 6.45) is 0. The van der Waals surface area contributed by atoms with Crippen LogP contribution >= 0.6 is 0 Å². The number of anilines is 1. The molecule has 1 N–H and O–H groups in total. The number of nitrogens with one attached hydrogen (secondary N) is 1. The van der Waals surface area contributed by atoms with Crippen molar-refractivity contribution in [2.45, 2.75) is 13.0 Å².